The van der Waals surface area contributed by atoms with Crippen LogP contribution in [0, 0.1) is 5.41 Å². The lowest BCUT2D eigenvalue weighted by Gasteiger charge is -2.42. The predicted octanol–water partition coefficient (Wildman–Crippen LogP) is 2.78. The summed E-state index contributed by atoms with van der Waals surface area (Å²) in [5.41, 5.74) is 1.48. The summed E-state index contributed by atoms with van der Waals surface area (Å²) in [5, 5.41) is 13.6. The van der Waals surface area contributed by atoms with Crippen LogP contribution in [0.1, 0.15) is 25.3 Å². The van der Waals surface area contributed by atoms with Crippen LogP contribution in [-0.4, -0.2) is 17.1 Å². The molecule has 0 atom stereocenters. The lowest BCUT2D eigenvalue weighted by atomic mass is 9.67. The molecule has 19 heavy (non-hydrogen) atoms. The van der Waals surface area contributed by atoms with Gasteiger partial charge in [-0.05, 0) is 25.8 Å². The second-order valence-electron chi connectivity index (χ2n) is 5.61. The minimum atomic E-state index is -0.696. The molecule has 4 heteroatoms. The summed E-state index contributed by atoms with van der Waals surface area (Å²) >= 11 is 0. The molecular formula is C15H17NO3. The van der Waals surface area contributed by atoms with Crippen LogP contribution in [0.5, 0.6) is 0 Å². The van der Waals surface area contributed by atoms with Crippen LogP contribution >= 0.6 is 0 Å². The molecule has 1 aromatic carbocycles. The van der Waals surface area contributed by atoms with Gasteiger partial charge in [0.05, 0.1) is 11.7 Å². The number of nitrogens with one attached hydrogen (secondary N) is 1. The molecule has 1 fully saturated rings. The quantitative estimate of drug-likeness (QED) is 0.886. The Morgan fingerprint density at radius 1 is 1.47 bits per heavy atom. The van der Waals surface area contributed by atoms with E-state index in [4.69, 9.17) is 9.52 Å². The molecule has 2 aromatic rings. The maximum Gasteiger partial charge on any atom is 0.309 e. The van der Waals surface area contributed by atoms with Crippen molar-refractivity contribution in [3.63, 3.8) is 0 Å². The zero-order chi connectivity index (χ0) is 13.5. The molecule has 1 aromatic heterocycles. The monoisotopic (exact) mass is 259 g/mol. The SMILES string of the molecule is CC1(C(=O)O)CC(NCc2cccc3ccoc23)C1. The second-order valence-corrected chi connectivity index (χ2v) is 5.61. The van der Waals surface area contributed by atoms with Gasteiger partial charge in [-0.15, -0.1) is 0 Å². The highest BCUT2D eigenvalue weighted by atomic mass is 16.4. The van der Waals surface area contributed by atoms with Crippen molar-refractivity contribution in [3.8, 4) is 0 Å². The molecule has 0 saturated heterocycles. The van der Waals surface area contributed by atoms with Gasteiger partial charge in [0.15, 0.2) is 0 Å². The van der Waals surface area contributed by atoms with Crippen LogP contribution in [0.4, 0.5) is 0 Å². The van der Waals surface area contributed by atoms with Gasteiger partial charge < -0.3 is 14.8 Å². The van der Waals surface area contributed by atoms with E-state index in [9.17, 15) is 4.79 Å². The first kappa shape index (κ1) is 12.2. The Bertz CT molecular complexity index is 611. The molecule has 1 saturated carbocycles. The fourth-order valence-corrected chi connectivity index (χ4v) is 2.80. The van der Waals surface area contributed by atoms with Gasteiger partial charge in [-0.1, -0.05) is 18.2 Å². The highest BCUT2D eigenvalue weighted by Crippen LogP contribution is 2.41. The van der Waals surface area contributed by atoms with Crippen molar-refractivity contribution in [3.05, 3.63) is 36.1 Å². The molecule has 1 aliphatic rings. The molecule has 100 valence electrons. The van der Waals surface area contributed by atoms with Crippen molar-refractivity contribution < 1.29 is 14.3 Å². The summed E-state index contributed by atoms with van der Waals surface area (Å²) in [6.07, 6.45) is 3.08. The number of furan rings is 1. The zero-order valence-electron chi connectivity index (χ0n) is 10.8. The fraction of sp³-hybridized carbons (Fsp3) is 0.400. The number of carboxylic acids is 1. The number of hydrogen-bond donors (Lipinski definition) is 2. The Balaban J connectivity index is 1.62. The van der Waals surface area contributed by atoms with Crippen LogP contribution in [0.25, 0.3) is 11.0 Å². The lowest BCUT2D eigenvalue weighted by Crippen LogP contribution is -2.51. The van der Waals surface area contributed by atoms with Gasteiger partial charge in [0.25, 0.3) is 0 Å². The van der Waals surface area contributed by atoms with E-state index in [0.29, 0.717) is 19.4 Å². The van der Waals surface area contributed by atoms with Crippen molar-refractivity contribution in [1.82, 2.24) is 5.32 Å². The number of para-hydroxylation sites is 1. The highest BCUT2D eigenvalue weighted by molar-refractivity contribution is 5.80. The first-order valence-electron chi connectivity index (χ1n) is 6.50. The van der Waals surface area contributed by atoms with E-state index in [-0.39, 0.29) is 6.04 Å². The molecule has 1 aliphatic carbocycles. The molecule has 0 amide bonds. The number of rotatable bonds is 4. The van der Waals surface area contributed by atoms with Crippen LogP contribution < -0.4 is 5.32 Å². The van der Waals surface area contributed by atoms with Crippen LogP contribution in [0.15, 0.2) is 34.9 Å². The minimum Gasteiger partial charge on any atom is -0.481 e. The molecule has 1 heterocycles. The highest BCUT2D eigenvalue weighted by Gasteiger charge is 2.46. The maximum atomic E-state index is 11.0. The summed E-state index contributed by atoms with van der Waals surface area (Å²) in [4.78, 5) is 11.0. The van der Waals surface area contributed by atoms with Crippen molar-refractivity contribution in [1.29, 1.82) is 0 Å². The molecule has 0 unspecified atom stereocenters. The van der Waals surface area contributed by atoms with E-state index in [2.05, 4.69) is 5.32 Å². The van der Waals surface area contributed by atoms with Crippen molar-refractivity contribution >= 4 is 16.9 Å². The van der Waals surface area contributed by atoms with E-state index in [1.165, 1.54) is 0 Å². The van der Waals surface area contributed by atoms with Crippen LogP contribution in [-0.2, 0) is 11.3 Å². The largest absolute Gasteiger partial charge is 0.481 e. The third-order valence-corrected chi connectivity index (χ3v) is 4.05. The van der Waals surface area contributed by atoms with Gasteiger partial charge in [-0.25, -0.2) is 0 Å². The van der Waals surface area contributed by atoms with Gasteiger partial charge in [-0.3, -0.25) is 4.79 Å². The number of carboxylic acid groups (broad SMARTS) is 1. The molecule has 0 radical (unpaired) electrons. The molecular weight excluding hydrogens is 242 g/mol. The van der Waals surface area contributed by atoms with E-state index in [1.807, 2.05) is 24.3 Å². The first-order valence-corrected chi connectivity index (χ1v) is 6.50. The summed E-state index contributed by atoms with van der Waals surface area (Å²) in [7, 11) is 0. The molecule has 4 nitrogen and oxygen atoms in total. The Labute approximate surface area is 111 Å². The van der Waals surface area contributed by atoms with Gasteiger partial charge in [-0.2, -0.15) is 0 Å². The lowest BCUT2D eigenvalue weighted by molar-refractivity contribution is -0.154. The number of benzene rings is 1. The number of carbonyl (C=O) groups is 1. The summed E-state index contributed by atoms with van der Waals surface area (Å²) in [6.45, 7) is 2.52. The summed E-state index contributed by atoms with van der Waals surface area (Å²) in [5.74, 6) is -0.696. The van der Waals surface area contributed by atoms with Crippen LogP contribution in [0.3, 0.4) is 0 Å². The predicted molar refractivity (Wildman–Crippen MR) is 71.8 cm³/mol. The number of aliphatic carboxylic acids is 1. The number of hydrogen-bond acceptors (Lipinski definition) is 3. The van der Waals surface area contributed by atoms with E-state index in [0.717, 1.165) is 16.5 Å². The van der Waals surface area contributed by atoms with Crippen molar-refractivity contribution in [2.24, 2.45) is 5.41 Å². The summed E-state index contributed by atoms with van der Waals surface area (Å²) < 4.78 is 5.48. The Kier molecular flexibility index (Phi) is 2.82. The van der Waals surface area contributed by atoms with E-state index in [1.54, 1.807) is 13.2 Å². The van der Waals surface area contributed by atoms with Gasteiger partial charge in [0, 0.05) is 23.5 Å². The molecule has 0 aliphatic heterocycles. The van der Waals surface area contributed by atoms with Gasteiger partial charge in [0.1, 0.15) is 5.58 Å². The minimum absolute atomic E-state index is 0.284. The average Bonchev–Trinajstić information content (AvgIpc) is 2.81. The molecule has 0 spiro atoms. The maximum absolute atomic E-state index is 11.0. The smallest absolute Gasteiger partial charge is 0.309 e. The molecule has 0 bridgehead atoms. The van der Waals surface area contributed by atoms with E-state index >= 15 is 0 Å². The normalized spacial score (nSPS) is 26.3. The standard InChI is InChI=1S/C15H17NO3/c1-15(14(17)18)7-12(8-15)16-9-11-4-2-3-10-5-6-19-13(10)11/h2-6,12,16H,7-9H2,1H3,(H,17,18). The Morgan fingerprint density at radius 3 is 3.00 bits per heavy atom. The van der Waals surface area contributed by atoms with Gasteiger partial charge in [0.2, 0.25) is 0 Å². The third-order valence-electron chi connectivity index (χ3n) is 4.05. The molecule has 2 N–H and O–H groups in total. The van der Waals surface area contributed by atoms with Crippen LogP contribution in [0.2, 0.25) is 0 Å². The average molecular weight is 259 g/mol. The molecule has 3 rings (SSSR count). The van der Waals surface area contributed by atoms with E-state index < -0.39 is 11.4 Å². The first-order chi connectivity index (χ1) is 9.08. The van der Waals surface area contributed by atoms with Crippen molar-refractivity contribution in [2.75, 3.05) is 0 Å². The fourth-order valence-electron chi connectivity index (χ4n) is 2.80. The number of fused-ring (bicyclic) bond motifs is 1. The summed E-state index contributed by atoms with van der Waals surface area (Å²) in [6, 6.07) is 8.30. The topological polar surface area (TPSA) is 62.5 Å². The van der Waals surface area contributed by atoms with Gasteiger partial charge >= 0.3 is 5.97 Å². The third kappa shape index (κ3) is 2.12. The second kappa shape index (κ2) is 4.38. The zero-order valence-corrected chi connectivity index (χ0v) is 10.8. The Hall–Kier alpha value is -1.81. The van der Waals surface area contributed by atoms with Crippen molar-refractivity contribution in [2.45, 2.75) is 32.4 Å². The Morgan fingerprint density at radius 2 is 2.26 bits per heavy atom.